The van der Waals surface area contributed by atoms with Gasteiger partial charge >= 0.3 is 0 Å². The largest absolute Gasteiger partial charge is 0.310 e. The maximum Gasteiger partial charge on any atom is 0.142 e. The van der Waals surface area contributed by atoms with E-state index in [1.165, 1.54) is 25.7 Å². The zero-order valence-electron chi connectivity index (χ0n) is 13.6. The van der Waals surface area contributed by atoms with E-state index in [-0.39, 0.29) is 11.9 Å². The van der Waals surface area contributed by atoms with E-state index in [2.05, 4.69) is 42.0 Å². The molecule has 0 fully saturated rings. The van der Waals surface area contributed by atoms with Crippen molar-refractivity contribution in [1.29, 1.82) is 0 Å². The second-order valence-electron chi connectivity index (χ2n) is 5.80. The van der Waals surface area contributed by atoms with Gasteiger partial charge in [0.05, 0.1) is 4.47 Å². The molecule has 1 aromatic rings. The molecule has 1 N–H and O–H groups in total. The Morgan fingerprint density at radius 1 is 1.19 bits per heavy atom. The molecule has 1 rings (SSSR count). The number of hydrogen-bond acceptors (Lipinski definition) is 1. The Balaban J connectivity index is 2.85. The van der Waals surface area contributed by atoms with Crippen LogP contribution in [0, 0.1) is 11.7 Å². The van der Waals surface area contributed by atoms with Crippen LogP contribution in [0.15, 0.2) is 22.7 Å². The number of halogens is 2. The van der Waals surface area contributed by atoms with Crippen LogP contribution >= 0.6 is 15.9 Å². The summed E-state index contributed by atoms with van der Waals surface area (Å²) < 4.78 is 15.0. The van der Waals surface area contributed by atoms with Crippen molar-refractivity contribution in [3.8, 4) is 0 Å². The van der Waals surface area contributed by atoms with E-state index >= 15 is 0 Å². The lowest BCUT2D eigenvalue weighted by Gasteiger charge is -2.25. The molecular weight excluding hydrogens is 329 g/mol. The molecule has 0 saturated heterocycles. The third-order valence-corrected chi connectivity index (χ3v) is 4.72. The minimum Gasteiger partial charge on any atom is -0.310 e. The second-order valence-corrected chi connectivity index (χ2v) is 6.66. The first kappa shape index (κ1) is 18.6. The number of unbranched alkanes of at least 4 members (excludes halogenated alkanes) is 1. The highest BCUT2D eigenvalue weighted by atomic mass is 79.9. The Bertz CT molecular complexity index is 408. The summed E-state index contributed by atoms with van der Waals surface area (Å²) in [5.41, 5.74) is 0.799. The highest BCUT2D eigenvalue weighted by molar-refractivity contribution is 9.10. The number of rotatable bonds is 10. The van der Waals surface area contributed by atoms with Crippen molar-refractivity contribution in [3.63, 3.8) is 0 Å². The SMILES string of the molecule is CCCCC(CC)CC(NCCC)c1cccc(Br)c1F. The third-order valence-electron chi connectivity index (χ3n) is 4.11. The van der Waals surface area contributed by atoms with Crippen LogP contribution in [0.5, 0.6) is 0 Å². The molecule has 0 radical (unpaired) electrons. The van der Waals surface area contributed by atoms with Gasteiger partial charge in [-0.2, -0.15) is 0 Å². The molecule has 0 aliphatic carbocycles. The second kappa shape index (κ2) is 10.3. The Morgan fingerprint density at radius 2 is 1.95 bits per heavy atom. The van der Waals surface area contributed by atoms with Gasteiger partial charge in [-0.3, -0.25) is 0 Å². The Hall–Kier alpha value is -0.410. The van der Waals surface area contributed by atoms with Crippen molar-refractivity contribution < 1.29 is 4.39 Å². The third kappa shape index (κ3) is 6.07. The normalized spacial score (nSPS) is 14.1. The minimum atomic E-state index is -0.114. The van der Waals surface area contributed by atoms with Gasteiger partial charge in [-0.05, 0) is 47.3 Å². The van der Waals surface area contributed by atoms with Crippen molar-refractivity contribution in [3.05, 3.63) is 34.1 Å². The summed E-state index contributed by atoms with van der Waals surface area (Å²) >= 11 is 3.30. The minimum absolute atomic E-state index is 0.114. The van der Waals surface area contributed by atoms with Crippen LogP contribution in [0.1, 0.15) is 70.9 Å². The standard InChI is InChI=1S/C18H29BrFN/c1-4-7-9-14(6-3)13-17(21-12-5-2)15-10-8-11-16(19)18(15)20/h8,10-11,14,17,21H,4-7,9,12-13H2,1-3H3. The molecule has 0 aromatic heterocycles. The van der Waals surface area contributed by atoms with Crippen LogP contribution < -0.4 is 5.32 Å². The van der Waals surface area contributed by atoms with Gasteiger partial charge in [0, 0.05) is 11.6 Å². The zero-order chi connectivity index (χ0) is 15.7. The molecule has 2 atom stereocenters. The van der Waals surface area contributed by atoms with E-state index in [0.29, 0.717) is 10.4 Å². The van der Waals surface area contributed by atoms with Crippen LogP contribution in [0.4, 0.5) is 4.39 Å². The van der Waals surface area contributed by atoms with E-state index in [1.54, 1.807) is 6.07 Å². The van der Waals surface area contributed by atoms with Gasteiger partial charge in [0.2, 0.25) is 0 Å². The van der Waals surface area contributed by atoms with Gasteiger partial charge in [0.1, 0.15) is 5.82 Å². The number of hydrogen-bond donors (Lipinski definition) is 1. The Labute approximate surface area is 137 Å². The number of nitrogens with one attached hydrogen (secondary N) is 1. The monoisotopic (exact) mass is 357 g/mol. The molecule has 1 nitrogen and oxygen atoms in total. The average molecular weight is 358 g/mol. The summed E-state index contributed by atoms with van der Waals surface area (Å²) in [4.78, 5) is 0. The van der Waals surface area contributed by atoms with Gasteiger partial charge in [0.15, 0.2) is 0 Å². The van der Waals surface area contributed by atoms with Crippen LogP contribution in [0.25, 0.3) is 0 Å². The zero-order valence-corrected chi connectivity index (χ0v) is 15.2. The predicted octanol–water partition coefficient (Wildman–Crippen LogP) is 6.24. The fourth-order valence-electron chi connectivity index (χ4n) is 2.74. The molecule has 0 saturated carbocycles. The maximum atomic E-state index is 14.4. The molecule has 0 heterocycles. The van der Waals surface area contributed by atoms with Gasteiger partial charge in [-0.25, -0.2) is 4.39 Å². The molecule has 0 aliphatic heterocycles. The summed E-state index contributed by atoms with van der Waals surface area (Å²) in [6, 6.07) is 5.73. The van der Waals surface area contributed by atoms with Crippen LogP contribution in [-0.4, -0.2) is 6.54 Å². The lowest BCUT2D eigenvalue weighted by molar-refractivity contribution is 0.347. The quantitative estimate of drug-likeness (QED) is 0.522. The molecule has 0 amide bonds. The molecule has 1 aromatic carbocycles. The first-order valence-corrected chi connectivity index (χ1v) is 9.10. The van der Waals surface area contributed by atoms with Crippen molar-refractivity contribution >= 4 is 15.9 Å². The van der Waals surface area contributed by atoms with Crippen LogP contribution in [0.2, 0.25) is 0 Å². The summed E-state index contributed by atoms with van der Waals surface area (Å²) in [7, 11) is 0. The molecule has 120 valence electrons. The summed E-state index contributed by atoms with van der Waals surface area (Å²) in [5.74, 6) is 0.550. The average Bonchev–Trinajstić information content (AvgIpc) is 2.50. The van der Waals surface area contributed by atoms with Crippen LogP contribution in [0.3, 0.4) is 0 Å². The first-order valence-electron chi connectivity index (χ1n) is 8.31. The van der Waals surface area contributed by atoms with E-state index in [0.717, 1.165) is 24.9 Å². The topological polar surface area (TPSA) is 12.0 Å². The fourth-order valence-corrected chi connectivity index (χ4v) is 3.12. The lowest BCUT2D eigenvalue weighted by Crippen LogP contribution is -2.25. The highest BCUT2D eigenvalue weighted by Gasteiger charge is 2.20. The Kier molecular flexibility index (Phi) is 9.18. The molecule has 3 heteroatoms. The fraction of sp³-hybridized carbons (Fsp3) is 0.667. The molecule has 2 unspecified atom stereocenters. The van der Waals surface area contributed by atoms with Crippen LogP contribution in [-0.2, 0) is 0 Å². The van der Waals surface area contributed by atoms with Gasteiger partial charge in [0.25, 0.3) is 0 Å². The molecule has 21 heavy (non-hydrogen) atoms. The van der Waals surface area contributed by atoms with Crippen molar-refractivity contribution in [2.24, 2.45) is 5.92 Å². The molecule has 0 bridgehead atoms. The maximum absolute atomic E-state index is 14.4. The predicted molar refractivity (Wildman–Crippen MR) is 93.1 cm³/mol. The number of benzene rings is 1. The highest BCUT2D eigenvalue weighted by Crippen LogP contribution is 2.30. The lowest BCUT2D eigenvalue weighted by atomic mass is 9.89. The van der Waals surface area contributed by atoms with Gasteiger partial charge in [-0.1, -0.05) is 58.6 Å². The molecule has 0 spiro atoms. The van der Waals surface area contributed by atoms with Gasteiger partial charge < -0.3 is 5.32 Å². The first-order chi connectivity index (χ1) is 10.1. The van der Waals surface area contributed by atoms with E-state index in [9.17, 15) is 4.39 Å². The van der Waals surface area contributed by atoms with Crippen molar-refractivity contribution in [1.82, 2.24) is 5.32 Å². The molecular formula is C18H29BrFN. The van der Waals surface area contributed by atoms with E-state index in [1.807, 2.05) is 12.1 Å². The smallest absolute Gasteiger partial charge is 0.142 e. The van der Waals surface area contributed by atoms with E-state index in [4.69, 9.17) is 0 Å². The summed E-state index contributed by atoms with van der Waals surface area (Å²) in [6.07, 6.45) is 6.99. The van der Waals surface area contributed by atoms with E-state index < -0.39 is 0 Å². The summed E-state index contributed by atoms with van der Waals surface area (Å²) in [5, 5.41) is 3.53. The Morgan fingerprint density at radius 3 is 2.57 bits per heavy atom. The molecule has 0 aliphatic rings. The summed E-state index contributed by atoms with van der Waals surface area (Å²) in [6.45, 7) is 7.55. The van der Waals surface area contributed by atoms with Crippen molar-refractivity contribution in [2.75, 3.05) is 6.54 Å². The van der Waals surface area contributed by atoms with Crippen molar-refractivity contribution in [2.45, 2.75) is 65.3 Å². The van der Waals surface area contributed by atoms with Gasteiger partial charge in [-0.15, -0.1) is 0 Å².